The monoisotopic (exact) mass is 316 g/mol. The highest BCUT2D eigenvalue weighted by atomic mass is 16.5. The van der Waals surface area contributed by atoms with Crippen molar-refractivity contribution < 1.29 is 14.3 Å². The van der Waals surface area contributed by atoms with E-state index in [1.807, 2.05) is 25.1 Å². The van der Waals surface area contributed by atoms with Crippen LogP contribution in [0.2, 0.25) is 0 Å². The lowest BCUT2D eigenvalue weighted by Crippen LogP contribution is -2.38. The number of benzene rings is 1. The van der Waals surface area contributed by atoms with Gasteiger partial charge in [-0.05, 0) is 49.8 Å². The Morgan fingerprint density at radius 3 is 2.87 bits per heavy atom. The Labute approximate surface area is 137 Å². The van der Waals surface area contributed by atoms with Crippen LogP contribution in [0.25, 0.3) is 0 Å². The van der Waals surface area contributed by atoms with Crippen LogP contribution < -0.4 is 10.6 Å². The number of amides is 2. The normalized spacial score (nSPS) is 16.8. The minimum absolute atomic E-state index is 0.422. The third-order valence-corrected chi connectivity index (χ3v) is 3.79. The van der Waals surface area contributed by atoms with E-state index in [2.05, 4.69) is 22.8 Å². The van der Waals surface area contributed by atoms with Crippen LogP contribution in [0.3, 0.4) is 0 Å². The van der Waals surface area contributed by atoms with Crippen molar-refractivity contribution in [2.24, 2.45) is 5.92 Å². The van der Waals surface area contributed by atoms with Crippen molar-refractivity contribution >= 4 is 17.5 Å². The summed E-state index contributed by atoms with van der Waals surface area (Å²) in [6.45, 7) is 3.59. The fourth-order valence-corrected chi connectivity index (χ4v) is 2.51. The molecule has 1 unspecified atom stereocenters. The molecule has 23 heavy (non-hydrogen) atoms. The fourth-order valence-electron chi connectivity index (χ4n) is 2.51. The van der Waals surface area contributed by atoms with E-state index in [0.29, 0.717) is 31.4 Å². The smallest absolute Gasteiger partial charge is 0.313 e. The Morgan fingerprint density at radius 1 is 1.26 bits per heavy atom. The summed E-state index contributed by atoms with van der Waals surface area (Å²) in [6.07, 6.45) is 7.34. The van der Waals surface area contributed by atoms with Crippen LogP contribution in [-0.2, 0) is 20.9 Å². The lowest BCUT2D eigenvalue weighted by Gasteiger charge is -2.17. The van der Waals surface area contributed by atoms with Gasteiger partial charge in [0.2, 0.25) is 0 Å². The Kier molecular flexibility index (Phi) is 6.81. The van der Waals surface area contributed by atoms with Crippen molar-refractivity contribution in [3.63, 3.8) is 0 Å². The summed E-state index contributed by atoms with van der Waals surface area (Å²) in [7, 11) is 0. The van der Waals surface area contributed by atoms with E-state index in [4.69, 9.17) is 4.74 Å². The van der Waals surface area contributed by atoms with Crippen molar-refractivity contribution in [3.05, 3.63) is 42.0 Å². The van der Waals surface area contributed by atoms with Gasteiger partial charge in [-0.25, -0.2) is 0 Å². The summed E-state index contributed by atoms with van der Waals surface area (Å²) in [6, 6.07) is 7.32. The molecule has 5 heteroatoms. The largest absolute Gasteiger partial charge is 0.377 e. The molecule has 0 saturated heterocycles. The van der Waals surface area contributed by atoms with Crippen LogP contribution in [0.15, 0.2) is 36.4 Å². The third-order valence-electron chi connectivity index (χ3n) is 3.79. The van der Waals surface area contributed by atoms with E-state index < -0.39 is 11.8 Å². The highest BCUT2D eigenvalue weighted by Gasteiger charge is 2.16. The first-order valence-electron chi connectivity index (χ1n) is 8.10. The Hall–Kier alpha value is -2.14. The molecule has 2 amide bonds. The Bertz CT molecular complexity index is 569. The van der Waals surface area contributed by atoms with Crippen LogP contribution in [0.5, 0.6) is 0 Å². The minimum Gasteiger partial charge on any atom is -0.377 e. The summed E-state index contributed by atoms with van der Waals surface area (Å²) >= 11 is 0. The van der Waals surface area contributed by atoms with Crippen LogP contribution in [0, 0.1) is 5.92 Å². The van der Waals surface area contributed by atoms with Gasteiger partial charge < -0.3 is 15.4 Å². The second-order valence-electron chi connectivity index (χ2n) is 5.65. The maximum atomic E-state index is 11.9. The number of anilines is 1. The fraction of sp³-hybridized carbons (Fsp3) is 0.444. The van der Waals surface area contributed by atoms with Gasteiger partial charge in [-0.1, -0.05) is 24.3 Å². The molecule has 0 heterocycles. The van der Waals surface area contributed by atoms with Gasteiger partial charge in [-0.3, -0.25) is 9.59 Å². The van der Waals surface area contributed by atoms with Crippen molar-refractivity contribution in [1.82, 2.24) is 5.32 Å². The molecule has 1 aromatic carbocycles. The lowest BCUT2D eigenvalue weighted by atomic mass is 9.94. The molecule has 124 valence electrons. The van der Waals surface area contributed by atoms with Crippen LogP contribution >= 0.6 is 0 Å². The molecular weight excluding hydrogens is 292 g/mol. The van der Waals surface area contributed by atoms with E-state index in [1.165, 1.54) is 0 Å². The molecule has 0 saturated carbocycles. The summed E-state index contributed by atoms with van der Waals surface area (Å²) in [5, 5.41) is 5.34. The second-order valence-corrected chi connectivity index (χ2v) is 5.65. The van der Waals surface area contributed by atoms with Crippen molar-refractivity contribution in [2.75, 3.05) is 18.5 Å². The zero-order valence-corrected chi connectivity index (χ0v) is 13.5. The van der Waals surface area contributed by atoms with Gasteiger partial charge in [0, 0.05) is 18.8 Å². The van der Waals surface area contributed by atoms with Crippen molar-refractivity contribution in [2.45, 2.75) is 32.8 Å². The highest BCUT2D eigenvalue weighted by molar-refractivity contribution is 6.39. The molecule has 0 aliphatic heterocycles. The number of hydrogen-bond acceptors (Lipinski definition) is 3. The highest BCUT2D eigenvalue weighted by Crippen LogP contribution is 2.17. The van der Waals surface area contributed by atoms with Crippen LogP contribution in [-0.4, -0.2) is 25.0 Å². The molecule has 2 rings (SSSR count). The number of carbonyl (C=O) groups is 2. The second kappa shape index (κ2) is 9.10. The van der Waals surface area contributed by atoms with Gasteiger partial charge in [0.25, 0.3) is 0 Å². The SMILES string of the molecule is CCOCc1cccc(NC(=O)C(=O)NCC2CC=CCC2)c1. The van der Waals surface area contributed by atoms with Gasteiger partial charge >= 0.3 is 11.8 Å². The third kappa shape index (κ3) is 5.87. The van der Waals surface area contributed by atoms with Crippen LogP contribution in [0.4, 0.5) is 5.69 Å². The average molecular weight is 316 g/mol. The summed E-state index contributed by atoms with van der Waals surface area (Å²) in [4.78, 5) is 23.8. The average Bonchev–Trinajstić information content (AvgIpc) is 2.59. The number of ether oxygens (including phenoxy) is 1. The van der Waals surface area contributed by atoms with Gasteiger partial charge in [0.1, 0.15) is 0 Å². The molecule has 0 radical (unpaired) electrons. The van der Waals surface area contributed by atoms with Gasteiger partial charge in [0.05, 0.1) is 6.61 Å². The van der Waals surface area contributed by atoms with E-state index in [0.717, 1.165) is 24.8 Å². The summed E-state index contributed by atoms with van der Waals surface area (Å²) in [5.74, 6) is -0.800. The molecule has 2 N–H and O–H groups in total. The molecule has 0 bridgehead atoms. The van der Waals surface area contributed by atoms with Gasteiger partial charge in [-0.15, -0.1) is 0 Å². The minimum atomic E-state index is -0.634. The maximum Gasteiger partial charge on any atom is 0.313 e. The van der Waals surface area contributed by atoms with Gasteiger partial charge in [0.15, 0.2) is 0 Å². The van der Waals surface area contributed by atoms with Gasteiger partial charge in [-0.2, -0.15) is 0 Å². The predicted molar refractivity (Wildman–Crippen MR) is 89.9 cm³/mol. The first-order valence-corrected chi connectivity index (χ1v) is 8.10. The maximum absolute atomic E-state index is 11.9. The molecule has 1 atom stereocenters. The number of allylic oxidation sites excluding steroid dienone is 2. The molecular formula is C18H24N2O3. The van der Waals surface area contributed by atoms with E-state index in [9.17, 15) is 9.59 Å². The molecule has 0 aromatic heterocycles. The summed E-state index contributed by atoms with van der Waals surface area (Å²) in [5.41, 5.74) is 1.56. The molecule has 1 aliphatic rings. The van der Waals surface area contributed by atoms with E-state index in [-0.39, 0.29) is 0 Å². The molecule has 1 aliphatic carbocycles. The van der Waals surface area contributed by atoms with E-state index >= 15 is 0 Å². The number of nitrogens with one attached hydrogen (secondary N) is 2. The number of hydrogen-bond donors (Lipinski definition) is 2. The molecule has 1 aromatic rings. The summed E-state index contributed by atoms with van der Waals surface area (Å²) < 4.78 is 5.34. The van der Waals surface area contributed by atoms with E-state index in [1.54, 1.807) is 6.07 Å². The lowest BCUT2D eigenvalue weighted by molar-refractivity contribution is -0.136. The molecule has 5 nitrogen and oxygen atoms in total. The standard InChI is InChI=1S/C18H24N2O3/c1-2-23-13-15-9-6-10-16(11-15)20-18(22)17(21)19-12-14-7-4-3-5-8-14/h3-4,6,9-11,14H,2,5,7-8,12-13H2,1H3,(H,19,21)(H,20,22). The zero-order valence-electron chi connectivity index (χ0n) is 13.5. The van der Waals surface area contributed by atoms with Crippen LogP contribution in [0.1, 0.15) is 31.7 Å². The quantitative estimate of drug-likeness (QED) is 0.626. The molecule has 0 fully saturated rings. The van der Waals surface area contributed by atoms with Crippen molar-refractivity contribution in [3.8, 4) is 0 Å². The molecule has 0 spiro atoms. The first kappa shape index (κ1) is 17.2. The zero-order chi connectivity index (χ0) is 16.5. The Morgan fingerprint density at radius 2 is 2.13 bits per heavy atom. The number of rotatable bonds is 6. The Balaban J connectivity index is 1.80. The number of carbonyl (C=O) groups excluding carboxylic acids is 2. The first-order chi connectivity index (χ1) is 11.2. The predicted octanol–water partition coefficient (Wildman–Crippen LogP) is 2.63. The van der Waals surface area contributed by atoms with Crippen molar-refractivity contribution in [1.29, 1.82) is 0 Å². The topological polar surface area (TPSA) is 67.4 Å².